The highest BCUT2D eigenvalue weighted by Crippen LogP contribution is 2.32. The Morgan fingerprint density at radius 3 is 2.42 bits per heavy atom. The first-order valence-corrected chi connectivity index (χ1v) is 15.3. The third-order valence-electron chi connectivity index (χ3n) is 7.76. The summed E-state index contributed by atoms with van der Waals surface area (Å²) in [4.78, 5) is 54.0. The molecule has 3 amide bonds. The van der Waals surface area contributed by atoms with Gasteiger partial charge in [0, 0.05) is 13.7 Å². The molecule has 0 saturated carbocycles. The lowest BCUT2D eigenvalue weighted by Crippen LogP contribution is -2.59. The number of epoxide rings is 1. The van der Waals surface area contributed by atoms with Crippen molar-refractivity contribution in [2.75, 3.05) is 47.3 Å². The first-order valence-electron chi connectivity index (χ1n) is 15.3. The summed E-state index contributed by atoms with van der Waals surface area (Å²) in [5.74, 6) is -1.41. The summed E-state index contributed by atoms with van der Waals surface area (Å²) in [7, 11) is 2.89. The van der Waals surface area contributed by atoms with E-state index in [9.17, 15) is 19.2 Å². The predicted molar refractivity (Wildman–Crippen MR) is 164 cm³/mol. The molecule has 0 bridgehead atoms. The average Bonchev–Trinajstić information content (AvgIpc) is 3.80. The lowest BCUT2D eigenvalue weighted by molar-refractivity contribution is -0.134. The van der Waals surface area contributed by atoms with Crippen LogP contribution in [-0.2, 0) is 35.0 Å². The van der Waals surface area contributed by atoms with E-state index in [1.54, 1.807) is 25.1 Å². The molecule has 1 saturated heterocycles. The molecule has 12 heteroatoms. The minimum absolute atomic E-state index is 0.131. The maximum Gasteiger partial charge on any atom is 0.255 e. The van der Waals surface area contributed by atoms with Crippen LogP contribution in [0.5, 0.6) is 11.5 Å². The van der Waals surface area contributed by atoms with Crippen LogP contribution in [0.1, 0.15) is 48.5 Å². The Morgan fingerprint density at radius 1 is 1.00 bits per heavy atom. The van der Waals surface area contributed by atoms with Gasteiger partial charge in [-0.25, -0.2) is 0 Å². The average molecular weight is 626 g/mol. The predicted octanol–water partition coefficient (Wildman–Crippen LogP) is 1.98. The number of ketones is 1. The van der Waals surface area contributed by atoms with Gasteiger partial charge in [-0.1, -0.05) is 42.8 Å². The van der Waals surface area contributed by atoms with Gasteiger partial charge in [0.05, 0.1) is 45.1 Å². The Kier molecular flexibility index (Phi) is 12.3. The molecule has 1 fully saturated rings. The number of Topliss-reactive ketones (excluding diaryl/α,β-unsaturated/α-hetero) is 1. The number of benzene rings is 2. The normalized spacial score (nSPS) is 23.6. The van der Waals surface area contributed by atoms with Gasteiger partial charge >= 0.3 is 0 Å². The topological polar surface area (TPSA) is 154 Å². The molecule has 2 aliphatic heterocycles. The second kappa shape index (κ2) is 16.4. The fourth-order valence-electron chi connectivity index (χ4n) is 5.03. The van der Waals surface area contributed by atoms with Crippen molar-refractivity contribution < 1.29 is 42.9 Å². The summed E-state index contributed by atoms with van der Waals surface area (Å²) >= 11 is 0. The van der Waals surface area contributed by atoms with Gasteiger partial charge in [0.2, 0.25) is 11.8 Å². The molecule has 2 aliphatic rings. The van der Waals surface area contributed by atoms with Crippen molar-refractivity contribution >= 4 is 23.5 Å². The van der Waals surface area contributed by atoms with Crippen LogP contribution in [0.15, 0.2) is 48.5 Å². The molecule has 0 spiro atoms. The van der Waals surface area contributed by atoms with E-state index in [-0.39, 0.29) is 43.3 Å². The number of hydrogen-bond acceptors (Lipinski definition) is 9. The lowest BCUT2D eigenvalue weighted by atomic mass is 9.94. The van der Waals surface area contributed by atoms with E-state index in [1.807, 2.05) is 30.3 Å². The van der Waals surface area contributed by atoms with E-state index in [4.69, 9.17) is 23.7 Å². The maximum atomic E-state index is 13.7. The van der Waals surface area contributed by atoms with Gasteiger partial charge in [0.1, 0.15) is 17.7 Å². The Labute approximate surface area is 263 Å². The highest BCUT2D eigenvalue weighted by molar-refractivity contribution is 6.01. The van der Waals surface area contributed by atoms with E-state index in [2.05, 4.69) is 16.0 Å². The summed E-state index contributed by atoms with van der Waals surface area (Å²) < 4.78 is 27.8. The molecule has 45 heavy (non-hydrogen) atoms. The fraction of sp³-hybridized carbons (Fsp3) is 0.515. The van der Waals surface area contributed by atoms with Crippen molar-refractivity contribution in [3.05, 3.63) is 59.7 Å². The molecule has 0 unspecified atom stereocenters. The van der Waals surface area contributed by atoms with Gasteiger partial charge in [-0.3, -0.25) is 19.2 Å². The Balaban J connectivity index is 1.55. The second-order valence-corrected chi connectivity index (χ2v) is 11.4. The van der Waals surface area contributed by atoms with Crippen molar-refractivity contribution in [3.8, 4) is 11.5 Å². The van der Waals surface area contributed by atoms with Gasteiger partial charge in [-0.05, 0) is 50.3 Å². The Hall–Kier alpha value is -4.00. The SMILES string of the molecule is COC[C@@H]1NC(=O)c2cccc(OC)c2OCCCCCCOC[C@@H](C(=O)N[C@@H](Cc2ccccc2)C(=O)[C@@]2(C)CO2)NC1=O. The molecule has 2 heterocycles. The van der Waals surface area contributed by atoms with Crippen molar-refractivity contribution in [1.82, 2.24) is 16.0 Å². The van der Waals surface area contributed by atoms with Crippen LogP contribution in [-0.4, -0.2) is 94.5 Å². The summed E-state index contributed by atoms with van der Waals surface area (Å²) in [6, 6.07) is 11.1. The third kappa shape index (κ3) is 9.49. The van der Waals surface area contributed by atoms with E-state index < -0.39 is 41.4 Å². The Bertz CT molecular complexity index is 1320. The van der Waals surface area contributed by atoms with Crippen LogP contribution in [0.3, 0.4) is 0 Å². The van der Waals surface area contributed by atoms with Gasteiger partial charge in [0.25, 0.3) is 5.91 Å². The number of carbonyl (C=O) groups is 4. The van der Waals surface area contributed by atoms with E-state index in [0.717, 1.165) is 31.2 Å². The summed E-state index contributed by atoms with van der Waals surface area (Å²) in [6.45, 7) is 2.41. The molecular formula is C33H43N3O9. The van der Waals surface area contributed by atoms with E-state index >= 15 is 0 Å². The molecule has 3 N–H and O–H groups in total. The number of methoxy groups -OCH3 is 2. The fourth-order valence-corrected chi connectivity index (χ4v) is 5.03. The second-order valence-electron chi connectivity index (χ2n) is 11.4. The molecule has 0 aliphatic carbocycles. The number of nitrogens with one attached hydrogen (secondary N) is 3. The van der Waals surface area contributed by atoms with Crippen molar-refractivity contribution in [3.63, 3.8) is 0 Å². The number of carbonyl (C=O) groups excluding carboxylic acids is 4. The third-order valence-corrected chi connectivity index (χ3v) is 7.76. The molecule has 244 valence electrons. The van der Waals surface area contributed by atoms with Crippen LogP contribution in [0, 0.1) is 0 Å². The standard InChI is InChI=1S/C33H43N3O9/c1-33(21-45-33)29(37)24(18-22-12-7-6-8-13-22)34-32(40)26-20-43-16-9-4-5-10-17-44-28-23(14-11-15-27(28)42-3)30(38)35-25(19-41-2)31(39)36-26/h6-8,11-15,24-26H,4-5,9-10,16-21H2,1-3H3,(H,34,40)(H,35,38)(H,36,39)/t24-,25-,26-,33+/m0/s1. The van der Waals surface area contributed by atoms with Gasteiger partial charge < -0.3 is 39.6 Å². The molecule has 2 aromatic carbocycles. The van der Waals surface area contributed by atoms with Crippen molar-refractivity contribution in [2.24, 2.45) is 0 Å². The van der Waals surface area contributed by atoms with E-state index in [0.29, 0.717) is 19.0 Å². The first kappa shape index (κ1) is 33.9. The molecule has 4 rings (SSSR count). The molecule has 4 atom stereocenters. The van der Waals surface area contributed by atoms with Gasteiger partial charge in [0.15, 0.2) is 17.3 Å². The quantitative estimate of drug-likeness (QED) is 0.355. The zero-order valence-electron chi connectivity index (χ0n) is 26.1. The number of para-hydroxylation sites is 1. The first-order chi connectivity index (χ1) is 21.8. The zero-order chi connectivity index (χ0) is 32.2. The van der Waals surface area contributed by atoms with Crippen LogP contribution < -0.4 is 25.4 Å². The number of fused-ring (bicyclic) bond motifs is 1. The van der Waals surface area contributed by atoms with Gasteiger partial charge in [-0.15, -0.1) is 0 Å². The molecular weight excluding hydrogens is 582 g/mol. The van der Waals surface area contributed by atoms with Crippen LogP contribution in [0.25, 0.3) is 0 Å². The number of ether oxygens (including phenoxy) is 5. The summed E-state index contributed by atoms with van der Waals surface area (Å²) in [6.07, 6.45) is 3.45. The minimum Gasteiger partial charge on any atom is -0.493 e. The molecule has 0 aromatic heterocycles. The largest absolute Gasteiger partial charge is 0.493 e. The van der Waals surface area contributed by atoms with Crippen LogP contribution >= 0.6 is 0 Å². The highest BCUT2D eigenvalue weighted by atomic mass is 16.6. The maximum absolute atomic E-state index is 13.7. The number of hydrogen-bond donors (Lipinski definition) is 3. The van der Waals surface area contributed by atoms with Gasteiger partial charge in [-0.2, -0.15) is 0 Å². The smallest absolute Gasteiger partial charge is 0.255 e. The molecule has 0 radical (unpaired) electrons. The van der Waals surface area contributed by atoms with Crippen molar-refractivity contribution in [2.45, 2.75) is 62.8 Å². The summed E-state index contributed by atoms with van der Waals surface area (Å²) in [5, 5.41) is 8.23. The monoisotopic (exact) mass is 625 g/mol. The molecule has 12 nitrogen and oxygen atoms in total. The number of amides is 3. The van der Waals surface area contributed by atoms with Crippen LogP contribution in [0.4, 0.5) is 0 Å². The van der Waals surface area contributed by atoms with Crippen LogP contribution in [0.2, 0.25) is 0 Å². The number of rotatable bonds is 9. The molecule has 2 aromatic rings. The Morgan fingerprint density at radius 2 is 1.73 bits per heavy atom. The van der Waals surface area contributed by atoms with E-state index in [1.165, 1.54) is 14.2 Å². The zero-order valence-corrected chi connectivity index (χ0v) is 26.1. The highest BCUT2D eigenvalue weighted by Gasteiger charge is 2.50. The summed E-state index contributed by atoms with van der Waals surface area (Å²) in [5.41, 5.74) is 0.0870. The minimum atomic E-state index is -1.16. The van der Waals surface area contributed by atoms with Crippen molar-refractivity contribution in [1.29, 1.82) is 0 Å². The lowest BCUT2D eigenvalue weighted by Gasteiger charge is -2.26.